The van der Waals surface area contributed by atoms with Crippen molar-refractivity contribution in [1.29, 1.82) is 0 Å². The van der Waals surface area contributed by atoms with Crippen LogP contribution in [0.3, 0.4) is 0 Å². The molecular weight excluding hydrogens is 569 g/mol. The van der Waals surface area contributed by atoms with E-state index in [4.69, 9.17) is 23.2 Å². The van der Waals surface area contributed by atoms with Gasteiger partial charge in [-0.3, -0.25) is 0 Å². The molecule has 6 nitrogen and oxygen atoms in total. The quantitative estimate of drug-likeness (QED) is 0.266. The van der Waals surface area contributed by atoms with Crippen molar-refractivity contribution in [2.45, 2.75) is 37.2 Å². The van der Waals surface area contributed by atoms with Gasteiger partial charge in [-0.05, 0) is 73.4 Å². The molecule has 1 heterocycles. The minimum Gasteiger partial charge on any atom is -0.396 e. The third-order valence-electron chi connectivity index (χ3n) is 6.23. The van der Waals surface area contributed by atoms with Gasteiger partial charge in [-0.25, -0.2) is 22.2 Å². The van der Waals surface area contributed by atoms with Crippen LogP contribution >= 0.6 is 23.2 Å². The molecule has 3 aromatic carbocycles. The van der Waals surface area contributed by atoms with E-state index >= 15 is 0 Å². The molecule has 0 aliphatic carbocycles. The molecule has 0 spiro atoms. The molecule has 0 radical (unpaired) electrons. The van der Waals surface area contributed by atoms with E-state index in [1.54, 1.807) is 48.9 Å². The number of aliphatic hydroxyl groups is 2. The van der Waals surface area contributed by atoms with Crippen LogP contribution in [0.4, 0.5) is 8.78 Å². The number of hydrogen-bond acceptors (Lipinski definition) is 5. The fraction of sp³-hybridized carbons (Fsp3) is 0.250. The van der Waals surface area contributed by atoms with E-state index in [1.807, 2.05) is 0 Å². The first-order chi connectivity index (χ1) is 18.2. The van der Waals surface area contributed by atoms with E-state index in [2.05, 4.69) is 4.98 Å². The first-order valence-corrected chi connectivity index (χ1v) is 14.5. The fourth-order valence-electron chi connectivity index (χ4n) is 4.23. The first-order valence-electron chi connectivity index (χ1n) is 11.9. The predicted molar refractivity (Wildman–Crippen MR) is 147 cm³/mol. The number of nitrogens with zero attached hydrogens (tertiary/aromatic N) is 2. The lowest BCUT2D eigenvalue weighted by molar-refractivity contribution is 0.0741. The fourth-order valence-corrected chi connectivity index (χ4v) is 5.72. The number of sulfone groups is 1. The maximum Gasteiger partial charge on any atom is 0.175 e. The van der Waals surface area contributed by atoms with E-state index in [-0.39, 0.29) is 33.3 Å². The number of hydrogen-bond donors (Lipinski definition) is 2. The average molecular weight is 595 g/mol. The van der Waals surface area contributed by atoms with Gasteiger partial charge in [0.1, 0.15) is 23.1 Å². The Morgan fingerprint density at radius 3 is 2.31 bits per heavy atom. The summed E-state index contributed by atoms with van der Waals surface area (Å²) >= 11 is 12.9. The molecule has 0 atom stereocenters. The van der Waals surface area contributed by atoms with Crippen molar-refractivity contribution in [1.82, 2.24) is 9.55 Å². The van der Waals surface area contributed by atoms with Crippen LogP contribution < -0.4 is 0 Å². The molecule has 1 aromatic heterocycles. The van der Waals surface area contributed by atoms with Gasteiger partial charge in [-0.15, -0.1) is 0 Å². The van der Waals surface area contributed by atoms with Gasteiger partial charge in [-0.2, -0.15) is 0 Å². The van der Waals surface area contributed by atoms with Crippen molar-refractivity contribution in [2.75, 3.05) is 12.9 Å². The molecule has 0 amide bonds. The van der Waals surface area contributed by atoms with Crippen LogP contribution in [0, 0.1) is 11.6 Å². The van der Waals surface area contributed by atoms with Crippen molar-refractivity contribution >= 4 is 33.0 Å². The smallest absolute Gasteiger partial charge is 0.175 e. The van der Waals surface area contributed by atoms with E-state index in [9.17, 15) is 27.4 Å². The predicted octanol–water partition coefficient (Wildman–Crippen LogP) is 5.88. The van der Waals surface area contributed by atoms with Crippen LogP contribution in [0.1, 0.15) is 36.5 Å². The SMILES string of the molecule is CC(C)(O)c1cn(-c2ccc(-c3cc(F)c(CCO)c(S(C)(=O)=O)c3)cc2Cl)c(Cc2ccc(F)cc2Cl)n1. The highest BCUT2D eigenvalue weighted by Crippen LogP contribution is 2.34. The van der Waals surface area contributed by atoms with E-state index < -0.39 is 33.7 Å². The second-order valence-electron chi connectivity index (χ2n) is 9.73. The summed E-state index contributed by atoms with van der Waals surface area (Å²) in [4.78, 5) is 4.38. The molecule has 4 rings (SSSR count). The zero-order valence-electron chi connectivity index (χ0n) is 21.3. The molecule has 0 saturated heterocycles. The molecule has 0 saturated carbocycles. The number of rotatable bonds is 8. The molecular formula is C28H26Cl2F2N2O4S. The number of benzene rings is 3. The lowest BCUT2D eigenvalue weighted by Crippen LogP contribution is -2.15. The lowest BCUT2D eigenvalue weighted by Gasteiger charge is -2.14. The highest BCUT2D eigenvalue weighted by molar-refractivity contribution is 7.90. The summed E-state index contributed by atoms with van der Waals surface area (Å²) in [6.07, 6.45) is 2.69. The van der Waals surface area contributed by atoms with Gasteiger partial charge in [-0.1, -0.05) is 35.3 Å². The molecule has 0 fully saturated rings. The van der Waals surface area contributed by atoms with Gasteiger partial charge < -0.3 is 14.8 Å². The van der Waals surface area contributed by atoms with Crippen molar-refractivity contribution in [3.8, 4) is 16.8 Å². The Bertz CT molecular complexity index is 1670. The Morgan fingerprint density at radius 1 is 1.00 bits per heavy atom. The molecule has 0 aliphatic heterocycles. The van der Waals surface area contributed by atoms with Gasteiger partial charge in [0.2, 0.25) is 0 Å². The third kappa shape index (κ3) is 6.34. The molecule has 0 aliphatic rings. The Kier molecular flexibility index (Phi) is 8.21. The summed E-state index contributed by atoms with van der Waals surface area (Å²) in [5.74, 6) is -0.734. The van der Waals surface area contributed by atoms with Crippen LogP contribution in [0.5, 0.6) is 0 Å². The summed E-state index contributed by atoms with van der Waals surface area (Å²) in [7, 11) is -3.78. The van der Waals surface area contributed by atoms with Gasteiger partial charge >= 0.3 is 0 Å². The molecule has 4 aromatic rings. The van der Waals surface area contributed by atoms with Crippen molar-refractivity contribution in [3.05, 3.63) is 99.1 Å². The Balaban J connectivity index is 1.81. The highest BCUT2D eigenvalue weighted by atomic mass is 35.5. The summed E-state index contributed by atoms with van der Waals surface area (Å²) in [5.41, 5.74) is 0.903. The molecule has 11 heteroatoms. The molecule has 206 valence electrons. The van der Waals surface area contributed by atoms with E-state index in [1.165, 1.54) is 24.3 Å². The largest absolute Gasteiger partial charge is 0.396 e. The number of halogens is 4. The maximum atomic E-state index is 14.9. The lowest BCUT2D eigenvalue weighted by atomic mass is 10.0. The molecule has 0 unspecified atom stereocenters. The number of aromatic nitrogens is 2. The van der Waals surface area contributed by atoms with Crippen LogP contribution in [-0.4, -0.2) is 41.0 Å². The Hall–Kier alpha value is -2.82. The number of imidazole rings is 1. The second kappa shape index (κ2) is 11.0. The summed E-state index contributed by atoms with van der Waals surface area (Å²) in [6, 6.07) is 11.5. The van der Waals surface area contributed by atoms with Crippen molar-refractivity contribution < 1.29 is 27.4 Å². The number of aliphatic hydroxyl groups excluding tert-OH is 1. The van der Waals surface area contributed by atoms with E-state index in [0.717, 1.165) is 6.26 Å². The summed E-state index contributed by atoms with van der Waals surface area (Å²) in [5, 5.41) is 20.3. The van der Waals surface area contributed by atoms with Crippen LogP contribution in [0.2, 0.25) is 10.0 Å². The maximum absolute atomic E-state index is 14.9. The van der Waals surface area contributed by atoms with Crippen LogP contribution in [-0.2, 0) is 28.3 Å². The van der Waals surface area contributed by atoms with E-state index in [0.29, 0.717) is 33.9 Å². The topological polar surface area (TPSA) is 92.4 Å². The third-order valence-corrected chi connectivity index (χ3v) is 8.04. The zero-order valence-corrected chi connectivity index (χ0v) is 23.7. The van der Waals surface area contributed by atoms with Gasteiger partial charge in [0.05, 0.1) is 21.3 Å². The Morgan fingerprint density at radius 2 is 1.72 bits per heavy atom. The second-order valence-corrected chi connectivity index (χ2v) is 12.5. The standard InChI is InChI=1S/C28H26Cl2F2N2O4S/c1-28(2,36)26-15-34(27(33-26)13-17-4-6-19(31)14-21(17)29)24-7-5-16(10-22(24)30)18-11-23(32)20(8-9-35)25(12-18)39(3,37)38/h4-7,10-12,14-15,35-36H,8-9,13H2,1-3H3. The highest BCUT2D eigenvalue weighted by Gasteiger charge is 2.24. The first kappa shape index (κ1) is 29.2. The minimum atomic E-state index is -3.78. The van der Waals surface area contributed by atoms with Crippen LogP contribution in [0.15, 0.2) is 59.6 Å². The molecule has 0 bridgehead atoms. The van der Waals surface area contributed by atoms with Crippen LogP contribution in [0.25, 0.3) is 16.8 Å². The van der Waals surface area contributed by atoms with Crippen molar-refractivity contribution in [3.63, 3.8) is 0 Å². The summed E-state index contributed by atoms with van der Waals surface area (Å²) in [6.45, 7) is 2.78. The van der Waals surface area contributed by atoms with Gasteiger partial charge in [0.25, 0.3) is 0 Å². The van der Waals surface area contributed by atoms with Gasteiger partial charge in [0, 0.05) is 36.1 Å². The summed E-state index contributed by atoms with van der Waals surface area (Å²) < 4.78 is 54.9. The van der Waals surface area contributed by atoms with Crippen molar-refractivity contribution in [2.24, 2.45) is 0 Å². The Labute approximate surface area is 235 Å². The minimum absolute atomic E-state index is 0.0758. The monoisotopic (exact) mass is 594 g/mol. The molecule has 2 N–H and O–H groups in total. The molecule has 39 heavy (non-hydrogen) atoms. The zero-order chi connectivity index (χ0) is 28.7. The normalized spacial score (nSPS) is 12.2. The van der Waals surface area contributed by atoms with Gasteiger partial charge in [0.15, 0.2) is 9.84 Å². The average Bonchev–Trinajstić information content (AvgIpc) is 3.25.